The van der Waals surface area contributed by atoms with E-state index < -0.39 is 16.1 Å². The molecule has 0 aliphatic rings. The SMILES string of the molecule is CCCOc1ccc(S(=O)(=O)NCC(O)CCC)cc1. The van der Waals surface area contributed by atoms with Crippen LogP contribution in [0.1, 0.15) is 33.1 Å². The van der Waals surface area contributed by atoms with Gasteiger partial charge >= 0.3 is 0 Å². The minimum atomic E-state index is -3.58. The van der Waals surface area contributed by atoms with Gasteiger partial charge in [0.15, 0.2) is 0 Å². The Kier molecular flexibility index (Phi) is 6.98. The first-order valence-corrected chi connectivity index (χ1v) is 8.38. The molecule has 5 nitrogen and oxygen atoms in total. The molecule has 6 heteroatoms. The first kappa shape index (κ1) is 16.9. The number of rotatable bonds is 9. The summed E-state index contributed by atoms with van der Waals surface area (Å²) in [6.07, 6.45) is 1.64. The fourth-order valence-corrected chi connectivity index (χ4v) is 2.73. The average Bonchev–Trinajstić information content (AvgIpc) is 2.44. The number of benzene rings is 1. The van der Waals surface area contributed by atoms with Crippen molar-refractivity contribution in [2.45, 2.75) is 44.1 Å². The normalized spacial score (nSPS) is 13.2. The first-order chi connectivity index (χ1) is 9.49. The van der Waals surface area contributed by atoms with Gasteiger partial charge in [-0.3, -0.25) is 0 Å². The molecule has 114 valence electrons. The molecule has 0 amide bonds. The number of sulfonamides is 1. The van der Waals surface area contributed by atoms with Crippen molar-refractivity contribution in [3.8, 4) is 5.75 Å². The van der Waals surface area contributed by atoms with Gasteiger partial charge in [0.05, 0.1) is 17.6 Å². The predicted molar refractivity (Wildman–Crippen MR) is 78.3 cm³/mol. The Morgan fingerprint density at radius 2 is 1.85 bits per heavy atom. The van der Waals surface area contributed by atoms with Crippen molar-refractivity contribution < 1.29 is 18.3 Å². The van der Waals surface area contributed by atoms with Crippen molar-refractivity contribution >= 4 is 10.0 Å². The summed E-state index contributed by atoms with van der Waals surface area (Å²) in [7, 11) is -3.58. The zero-order chi connectivity index (χ0) is 15.0. The van der Waals surface area contributed by atoms with Crippen molar-refractivity contribution in [1.29, 1.82) is 0 Å². The third-order valence-corrected chi connectivity index (χ3v) is 4.18. The molecule has 20 heavy (non-hydrogen) atoms. The maximum absolute atomic E-state index is 12.0. The zero-order valence-electron chi connectivity index (χ0n) is 12.0. The molecule has 0 fully saturated rings. The van der Waals surface area contributed by atoms with Gasteiger partial charge in [-0.1, -0.05) is 20.3 Å². The van der Waals surface area contributed by atoms with Gasteiger partial charge in [0.1, 0.15) is 5.75 Å². The molecule has 1 atom stereocenters. The predicted octanol–water partition coefficient (Wildman–Crippen LogP) is 1.91. The van der Waals surface area contributed by atoms with Gasteiger partial charge in [-0.2, -0.15) is 0 Å². The lowest BCUT2D eigenvalue weighted by Gasteiger charge is -2.11. The van der Waals surface area contributed by atoms with Gasteiger partial charge in [0, 0.05) is 6.54 Å². The highest BCUT2D eigenvalue weighted by Gasteiger charge is 2.15. The molecular weight excluding hydrogens is 278 g/mol. The number of hydrogen-bond acceptors (Lipinski definition) is 4. The molecule has 2 N–H and O–H groups in total. The van der Waals surface area contributed by atoms with Crippen LogP contribution in [0.5, 0.6) is 5.75 Å². The van der Waals surface area contributed by atoms with Crippen LogP contribution in [0.25, 0.3) is 0 Å². The van der Waals surface area contributed by atoms with Crippen LogP contribution >= 0.6 is 0 Å². The van der Waals surface area contributed by atoms with Crippen LogP contribution in [0, 0.1) is 0 Å². The minimum absolute atomic E-state index is 0.0320. The molecule has 1 unspecified atom stereocenters. The smallest absolute Gasteiger partial charge is 0.240 e. The standard InChI is InChI=1S/C14H23NO4S/c1-3-5-12(16)11-15-20(17,18)14-8-6-13(7-9-14)19-10-4-2/h6-9,12,15-16H,3-5,10-11H2,1-2H3. The molecule has 1 aromatic rings. The molecule has 0 saturated carbocycles. The second kappa shape index (κ2) is 8.24. The van der Waals surface area contributed by atoms with Crippen LogP contribution < -0.4 is 9.46 Å². The Morgan fingerprint density at radius 1 is 1.20 bits per heavy atom. The van der Waals surface area contributed by atoms with E-state index in [4.69, 9.17) is 4.74 Å². The van der Waals surface area contributed by atoms with E-state index in [1.807, 2.05) is 13.8 Å². The van der Waals surface area contributed by atoms with Crippen molar-refractivity contribution in [3.63, 3.8) is 0 Å². The maximum Gasteiger partial charge on any atom is 0.240 e. The number of aliphatic hydroxyl groups excluding tert-OH is 1. The van der Waals surface area contributed by atoms with Crippen LogP contribution in [-0.4, -0.2) is 32.8 Å². The molecule has 0 spiro atoms. The van der Waals surface area contributed by atoms with E-state index in [0.29, 0.717) is 18.8 Å². The van der Waals surface area contributed by atoms with Crippen molar-refractivity contribution in [3.05, 3.63) is 24.3 Å². The lowest BCUT2D eigenvalue weighted by atomic mass is 10.2. The number of ether oxygens (including phenoxy) is 1. The highest BCUT2D eigenvalue weighted by atomic mass is 32.2. The molecule has 0 saturated heterocycles. The topological polar surface area (TPSA) is 75.6 Å². The van der Waals surface area contributed by atoms with Crippen LogP contribution in [0.15, 0.2) is 29.2 Å². The third kappa shape index (κ3) is 5.48. The van der Waals surface area contributed by atoms with Crippen LogP contribution in [0.3, 0.4) is 0 Å². The Balaban J connectivity index is 2.63. The van der Waals surface area contributed by atoms with E-state index in [2.05, 4.69) is 4.72 Å². The van der Waals surface area contributed by atoms with E-state index in [1.165, 1.54) is 12.1 Å². The minimum Gasteiger partial charge on any atom is -0.494 e. The van der Waals surface area contributed by atoms with E-state index in [0.717, 1.165) is 12.8 Å². The summed E-state index contributed by atoms with van der Waals surface area (Å²) in [6, 6.07) is 6.26. The second-order valence-electron chi connectivity index (χ2n) is 4.61. The second-order valence-corrected chi connectivity index (χ2v) is 6.38. The maximum atomic E-state index is 12.0. The number of hydrogen-bond donors (Lipinski definition) is 2. The monoisotopic (exact) mass is 301 g/mol. The van der Waals surface area contributed by atoms with E-state index in [-0.39, 0.29) is 11.4 Å². The van der Waals surface area contributed by atoms with E-state index in [1.54, 1.807) is 12.1 Å². The van der Waals surface area contributed by atoms with Gasteiger partial charge in [-0.25, -0.2) is 13.1 Å². The molecule has 1 aromatic carbocycles. The van der Waals surface area contributed by atoms with Gasteiger partial charge in [0.25, 0.3) is 0 Å². The Morgan fingerprint density at radius 3 is 2.40 bits per heavy atom. The fraction of sp³-hybridized carbons (Fsp3) is 0.571. The molecule has 0 radical (unpaired) electrons. The summed E-state index contributed by atoms with van der Waals surface area (Å²) in [5.41, 5.74) is 0. The Bertz CT molecular complexity index is 484. The number of aliphatic hydroxyl groups is 1. The zero-order valence-corrected chi connectivity index (χ0v) is 12.8. The lowest BCUT2D eigenvalue weighted by molar-refractivity contribution is 0.167. The van der Waals surface area contributed by atoms with E-state index in [9.17, 15) is 13.5 Å². The van der Waals surface area contributed by atoms with Crippen LogP contribution in [0.2, 0.25) is 0 Å². The highest BCUT2D eigenvalue weighted by molar-refractivity contribution is 7.89. The number of nitrogens with one attached hydrogen (secondary N) is 1. The van der Waals surface area contributed by atoms with Crippen molar-refractivity contribution in [2.24, 2.45) is 0 Å². The molecule has 0 aliphatic heterocycles. The lowest BCUT2D eigenvalue weighted by Crippen LogP contribution is -2.32. The summed E-state index contributed by atoms with van der Waals surface area (Å²) < 4.78 is 31.8. The van der Waals surface area contributed by atoms with Crippen LogP contribution in [-0.2, 0) is 10.0 Å². The summed E-state index contributed by atoms with van der Waals surface area (Å²) in [4.78, 5) is 0.171. The van der Waals surface area contributed by atoms with Gasteiger partial charge < -0.3 is 9.84 Å². The van der Waals surface area contributed by atoms with Crippen molar-refractivity contribution in [2.75, 3.05) is 13.2 Å². The molecule has 0 aromatic heterocycles. The first-order valence-electron chi connectivity index (χ1n) is 6.90. The molecule has 0 heterocycles. The molecule has 0 aliphatic carbocycles. The van der Waals surface area contributed by atoms with Gasteiger partial charge in [-0.15, -0.1) is 0 Å². The highest BCUT2D eigenvalue weighted by Crippen LogP contribution is 2.16. The van der Waals surface area contributed by atoms with Gasteiger partial charge in [-0.05, 0) is 37.1 Å². The molecule has 0 bridgehead atoms. The third-order valence-electron chi connectivity index (χ3n) is 2.74. The summed E-state index contributed by atoms with van der Waals surface area (Å²) >= 11 is 0. The molecular formula is C14H23NO4S. The summed E-state index contributed by atoms with van der Waals surface area (Å²) in [6.45, 7) is 4.58. The largest absolute Gasteiger partial charge is 0.494 e. The fourth-order valence-electron chi connectivity index (χ4n) is 1.66. The summed E-state index contributed by atoms with van der Waals surface area (Å²) in [5, 5.41) is 9.55. The van der Waals surface area contributed by atoms with Gasteiger partial charge in [0.2, 0.25) is 10.0 Å². The quantitative estimate of drug-likeness (QED) is 0.730. The Labute approximate surface area is 121 Å². The average molecular weight is 301 g/mol. The molecule has 1 rings (SSSR count). The van der Waals surface area contributed by atoms with Crippen molar-refractivity contribution in [1.82, 2.24) is 4.72 Å². The van der Waals surface area contributed by atoms with E-state index >= 15 is 0 Å². The van der Waals surface area contributed by atoms with Crippen LogP contribution in [0.4, 0.5) is 0 Å². The summed E-state index contributed by atoms with van der Waals surface area (Å²) in [5.74, 6) is 0.650. The Hall–Kier alpha value is -1.11.